The van der Waals surface area contributed by atoms with Crippen LogP contribution in [0.5, 0.6) is 0 Å². The molecular weight excluding hydrogens is 336 g/mol. The lowest BCUT2D eigenvalue weighted by Gasteiger charge is -2.18. The van der Waals surface area contributed by atoms with E-state index in [1.54, 1.807) is 0 Å². The van der Waals surface area contributed by atoms with Crippen LogP contribution < -0.4 is 5.73 Å². The first-order valence-electron chi connectivity index (χ1n) is 10.2. The number of fused-ring (bicyclic) bond motifs is 1. The monoisotopic (exact) mass is 366 g/mol. The van der Waals surface area contributed by atoms with E-state index in [1.165, 1.54) is 53.8 Å². The van der Waals surface area contributed by atoms with Crippen LogP contribution in [0.3, 0.4) is 0 Å². The molecule has 26 heavy (non-hydrogen) atoms. The molecule has 0 saturated heterocycles. The summed E-state index contributed by atoms with van der Waals surface area (Å²) in [6.07, 6.45) is 10.8. The van der Waals surface area contributed by atoms with E-state index in [-0.39, 0.29) is 6.04 Å². The molecule has 4 rings (SSSR count). The summed E-state index contributed by atoms with van der Waals surface area (Å²) in [4.78, 5) is 4.76. The summed E-state index contributed by atoms with van der Waals surface area (Å²) in [5, 5.41) is 0. The first-order valence-corrected chi connectivity index (χ1v) is 11.3. The molecule has 2 aliphatic carbocycles. The maximum absolute atomic E-state index is 6.52. The molecule has 1 aromatic heterocycles. The zero-order chi connectivity index (χ0) is 17.8. The van der Waals surface area contributed by atoms with Gasteiger partial charge in [-0.05, 0) is 85.3 Å². The highest BCUT2D eigenvalue weighted by atomic mass is 32.2. The second kappa shape index (κ2) is 8.58. The minimum atomic E-state index is 0.165. The molecule has 1 fully saturated rings. The van der Waals surface area contributed by atoms with Gasteiger partial charge in [0, 0.05) is 18.0 Å². The summed E-state index contributed by atoms with van der Waals surface area (Å²) in [5.74, 6) is 3.95. The average molecular weight is 367 g/mol. The number of pyridine rings is 1. The van der Waals surface area contributed by atoms with Crippen LogP contribution in [0.4, 0.5) is 0 Å². The lowest BCUT2D eigenvalue weighted by molar-refractivity contribution is 0.509. The second-order valence-electron chi connectivity index (χ2n) is 8.01. The highest BCUT2D eigenvalue weighted by Gasteiger charge is 2.21. The van der Waals surface area contributed by atoms with Crippen molar-refractivity contribution < 1.29 is 0 Å². The summed E-state index contributed by atoms with van der Waals surface area (Å²) < 4.78 is 0. The Bertz CT molecular complexity index is 708. The summed E-state index contributed by atoms with van der Waals surface area (Å²) >= 11 is 2.04. The number of thioether (sulfide) groups is 1. The van der Waals surface area contributed by atoms with Crippen molar-refractivity contribution in [2.75, 3.05) is 5.75 Å². The van der Waals surface area contributed by atoms with Gasteiger partial charge in [0.2, 0.25) is 0 Å². The van der Waals surface area contributed by atoms with E-state index in [0.29, 0.717) is 5.92 Å². The number of benzene rings is 1. The zero-order valence-electron chi connectivity index (χ0n) is 15.6. The number of aryl methyl sites for hydroxylation is 1. The van der Waals surface area contributed by atoms with Gasteiger partial charge in [0.1, 0.15) is 0 Å². The quantitative estimate of drug-likeness (QED) is 0.746. The molecule has 1 saturated carbocycles. The SMILES string of the molecule is N[C@H]1CC[C@H](c2ccc(CSCC3CC3)nc2)CCCc2ccccc21. The smallest absolute Gasteiger partial charge is 0.0502 e. The molecule has 0 radical (unpaired) electrons. The highest BCUT2D eigenvalue weighted by Crippen LogP contribution is 2.34. The number of aromatic nitrogens is 1. The van der Waals surface area contributed by atoms with Gasteiger partial charge in [-0.1, -0.05) is 30.3 Å². The minimum Gasteiger partial charge on any atom is -0.324 e. The lowest BCUT2D eigenvalue weighted by atomic mass is 9.89. The van der Waals surface area contributed by atoms with Crippen molar-refractivity contribution in [3.05, 3.63) is 65.0 Å². The molecule has 0 bridgehead atoms. The summed E-state index contributed by atoms with van der Waals surface area (Å²) in [6.45, 7) is 0. The Balaban J connectivity index is 1.38. The molecule has 2 nitrogen and oxygen atoms in total. The van der Waals surface area contributed by atoms with Crippen LogP contribution in [-0.2, 0) is 12.2 Å². The van der Waals surface area contributed by atoms with Crippen molar-refractivity contribution in [2.45, 2.75) is 62.7 Å². The fraction of sp³-hybridized carbons (Fsp3) is 0.522. The van der Waals surface area contributed by atoms with Crippen LogP contribution in [0.1, 0.15) is 72.9 Å². The molecule has 2 atom stereocenters. The average Bonchev–Trinajstić information content (AvgIpc) is 3.48. The van der Waals surface area contributed by atoms with Crippen LogP contribution in [0.25, 0.3) is 0 Å². The maximum Gasteiger partial charge on any atom is 0.0502 e. The zero-order valence-corrected chi connectivity index (χ0v) is 16.4. The molecule has 0 unspecified atom stereocenters. The molecule has 2 aromatic rings. The Kier molecular flexibility index (Phi) is 5.96. The normalized spacial score (nSPS) is 23.6. The predicted octanol–water partition coefficient (Wildman–Crippen LogP) is 5.62. The maximum atomic E-state index is 6.52. The Morgan fingerprint density at radius 2 is 1.88 bits per heavy atom. The first kappa shape index (κ1) is 18.1. The molecule has 2 aliphatic rings. The summed E-state index contributed by atoms with van der Waals surface area (Å²) in [5.41, 5.74) is 11.9. The molecule has 1 heterocycles. The van der Waals surface area contributed by atoms with Gasteiger partial charge < -0.3 is 5.73 Å². The molecule has 1 aromatic carbocycles. The van der Waals surface area contributed by atoms with Gasteiger partial charge in [0.15, 0.2) is 0 Å². The van der Waals surface area contributed by atoms with Crippen molar-refractivity contribution >= 4 is 11.8 Å². The predicted molar refractivity (Wildman–Crippen MR) is 111 cm³/mol. The Morgan fingerprint density at radius 1 is 1.00 bits per heavy atom. The van der Waals surface area contributed by atoms with E-state index in [1.807, 2.05) is 11.8 Å². The van der Waals surface area contributed by atoms with Gasteiger partial charge in [-0.2, -0.15) is 11.8 Å². The van der Waals surface area contributed by atoms with Gasteiger partial charge in [0.25, 0.3) is 0 Å². The third-order valence-electron chi connectivity index (χ3n) is 5.90. The molecule has 0 spiro atoms. The van der Waals surface area contributed by atoms with Gasteiger partial charge in [-0.3, -0.25) is 4.98 Å². The summed E-state index contributed by atoms with van der Waals surface area (Å²) in [7, 11) is 0. The highest BCUT2D eigenvalue weighted by molar-refractivity contribution is 7.98. The van der Waals surface area contributed by atoms with Crippen molar-refractivity contribution in [1.29, 1.82) is 0 Å². The third kappa shape index (κ3) is 4.69. The van der Waals surface area contributed by atoms with Crippen molar-refractivity contribution in [2.24, 2.45) is 11.7 Å². The fourth-order valence-corrected chi connectivity index (χ4v) is 5.22. The fourth-order valence-electron chi connectivity index (χ4n) is 4.05. The Morgan fingerprint density at radius 3 is 2.69 bits per heavy atom. The molecule has 3 heteroatoms. The molecular formula is C23H30N2S. The van der Waals surface area contributed by atoms with Gasteiger partial charge in [-0.15, -0.1) is 0 Å². The molecule has 0 amide bonds. The van der Waals surface area contributed by atoms with Crippen LogP contribution in [0.2, 0.25) is 0 Å². The van der Waals surface area contributed by atoms with E-state index >= 15 is 0 Å². The number of rotatable bonds is 5. The number of hydrogen-bond donors (Lipinski definition) is 1. The lowest BCUT2D eigenvalue weighted by Crippen LogP contribution is -2.13. The van der Waals surface area contributed by atoms with Crippen molar-refractivity contribution in [1.82, 2.24) is 4.98 Å². The van der Waals surface area contributed by atoms with E-state index < -0.39 is 0 Å². The topological polar surface area (TPSA) is 38.9 Å². The molecule has 138 valence electrons. The second-order valence-corrected chi connectivity index (χ2v) is 9.04. The van der Waals surface area contributed by atoms with Crippen molar-refractivity contribution in [3.8, 4) is 0 Å². The standard InChI is InChI=1S/C23H30N2S/c24-23-13-11-18(5-3-6-19-4-1-2-7-22(19)23)20-10-12-21(25-14-20)16-26-15-17-8-9-17/h1-2,4,7,10,12,14,17-18,23H,3,5-6,8-9,11,13,15-16,24H2/t18-,23+/m1/s1. The number of nitrogens with zero attached hydrogens (tertiary/aromatic N) is 1. The van der Waals surface area contributed by atoms with Crippen LogP contribution >= 0.6 is 11.8 Å². The van der Waals surface area contributed by atoms with E-state index in [9.17, 15) is 0 Å². The van der Waals surface area contributed by atoms with Gasteiger partial charge in [0.05, 0.1) is 5.69 Å². The van der Waals surface area contributed by atoms with E-state index in [0.717, 1.165) is 30.9 Å². The van der Waals surface area contributed by atoms with Crippen LogP contribution in [0.15, 0.2) is 42.6 Å². The largest absolute Gasteiger partial charge is 0.324 e. The molecule has 0 aliphatic heterocycles. The van der Waals surface area contributed by atoms with Gasteiger partial charge >= 0.3 is 0 Å². The third-order valence-corrected chi connectivity index (χ3v) is 7.11. The van der Waals surface area contributed by atoms with E-state index in [4.69, 9.17) is 10.7 Å². The van der Waals surface area contributed by atoms with Crippen LogP contribution in [0, 0.1) is 5.92 Å². The molecule has 2 N–H and O–H groups in total. The van der Waals surface area contributed by atoms with Crippen molar-refractivity contribution in [3.63, 3.8) is 0 Å². The number of nitrogens with two attached hydrogens (primary N) is 1. The number of hydrogen-bond acceptors (Lipinski definition) is 3. The minimum absolute atomic E-state index is 0.165. The Labute approximate surface area is 162 Å². The van der Waals surface area contributed by atoms with Gasteiger partial charge in [-0.25, -0.2) is 0 Å². The summed E-state index contributed by atoms with van der Waals surface area (Å²) in [6, 6.07) is 13.5. The van der Waals surface area contributed by atoms with Crippen LogP contribution in [-0.4, -0.2) is 10.7 Å². The first-order chi connectivity index (χ1) is 12.8. The Hall–Kier alpha value is -1.32. The van der Waals surface area contributed by atoms with E-state index in [2.05, 4.69) is 42.6 Å².